The van der Waals surface area contributed by atoms with E-state index in [-0.39, 0.29) is 0 Å². The van der Waals surface area contributed by atoms with E-state index in [1.165, 1.54) is 57.7 Å². The van der Waals surface area contributed by atoms with Crippen molar-refractivity contribution in [1.29, 1.82) is 0 Å². The number of hydrogen-bond acceptors (Lipinski definition) is 4. The number of hydrogen-bond donors (Lipinski definition) is 1. The molecular formula is C28H36F3N3S. The molecule has 5 rings (SSSR count). The molecule has 190 valence electrons. The molecule has 2 fully saturated rings. The Morgan fingerprint density at radius 2 is 1.54 bits per heavy atom. The van der Waals surface area contributed by atoms with Crippen LogP contribution >= 0.6 is 11.8 Å². The van der Waals surface area contributed by atoms with Gasteiger partial charge in [0.25, 0.3) is 0 Å². The van der Waals surface area contributed by atoms with Crippen molar-refractivity contribution >= 4 is 23.1 Å². The number of piperidine rings is 2. The van der Waals surface area contributed by atoms with Crippen LogP contribution in [0.15, 0.2) is 46.2 Å². The highest BCUT2D eigenvalue weighted by Crippen LogP contribution is 2.48. The summed E-state index contributed by atoms with van der Waals surface area (Å²) >= 11 is 1.55. The van der Waals surface area contributed by atoms with Crippen molar-refractivity contribution in [2.24, 2.45) is 11.8 Å². The summed E-state index contributed by atoms with van der Waals surface area (Å²) < 4.78 is 41.8. The largest absolute Gasteiger partial charge is 0.416 e. The highest BCUT2D eigenvalue weighted by Gasteiger charge is 2.36. The number of rotatable bonds is 6. The molecule has 0 aliphatic carbocycles. The van der Waals surface area contributed by atoms with Gasteiger partial charge in [-0.05, 0) is 107 Å². The number of benzene rings is 2. The van der Waals surface area contributed by atoms with E-state index in [4.69, 9.17) is 0 Å². The number of para-hydroxylation sites is 1. The van der Waals surface area contributed by atoms with Crippen molar-refractivity contribution in [1.82, 2.24) is 9.80 Å². The Balaban J connectivity index is 1.19. The summed E-state index contributed by atoms with van der Waals surface area (Å²) in [5.74, 6) is 1.65. The van der Waals surface area contributed by atoms with Gasteiger partial charge >= 0.3 is 6.18 Å². The summed E-state index contributed by atoms with van der Waals surface area (Å²) in [5.41, 5.74) is 1.42. The molecule has 2 aromatic rings. The number of nitrogens with one attached hydrogen (secondary N) is 1. The summed E-state index contributed by atoms with van der Waals surface area (Å²) in [6.07, 6.45) is 3.72. The normalized spacial score (nSPS) is 20.3. The van der Waals surface area contributed by atoms with Crippen molar-refractivity contribution in [2.75, 3.05) is 45.1 Å². The Labute approximate surface area is 211 Å². The molecule has 35 heavy (non-hydrogen) atoms. The number of anilines is 2. The van der Waals surface area contributed by atoms with E-state index in [9.17, 15) is 13.2 Å². The minimum absolute atomic E-state index is 0.404. The van der Waals surface area contributed by atoms with Crippen molar-refractivity contribution in [3.05, 3.63) is 47.5 Å². The lowest BCUT2D eigenvalue weighted by atomic mass is 9.85. The summed E-state index contributed by atoms with van der Waals surface area (Å²) in [5, 5.41) is 3.32. The van der Waals surface area contributed by atoms with Crippen molar-refractivity contribution in [2.45, 2.75) is 60.9 Å². The zero-order valence-corrected chi connectivity index (χ0v) is 21.4. The third kappa shape index (κ3) is 6.00. The minimum atomic E-state index is -4.35. The average Bonchev–Trinajstić information content (AvgIpc) is 2.85. The van der Waals surface area contributed by atoms with Crippen molar-refractivity contribution in [3.8, 4) is 0 Å². The SMILES string of the molecule is CN1CCC(CCC2CCN(CCc3c(C(F)(F)F)ccc4c3Nc3ccccc3S4)CC2)CC1. The van der Waals surface area contributed by atoms with E-state index < -0.39 is 11.7 Å². The smallest absolute Gasteiger partial charge is 0.353 e. The fourth-order valence-corrected chi connectivity index (χ4v) is 6.90. The number of halogens is 3. The maximum atomic E-state index is 13.9. The molecular weight excluding hydrogens is 467 g/mol. The number of fused-ring (bicyclic) bond motifs is 2. The van der Waals surface area contributed by atoms with E-state index in [2.05, 4.69) is 22.2 Å². The van der Waals surface area contributed by atoms with Crippen molar-refractivity contribution in [3.63, 3.8) is 0 Å². The molecule has 7 heteroatoms. The van der Waals surface area contributed by atoms with E-state index in [1.54, 1.807) is 17.8 Å². The molecule has 3 aliphatic rings. The van der Waals surface area contributed by atoms with E-state index >= 15 is 0 Å². The van der Waals surface area contributed by atoms with Gasteiger partial charge in [-0.2, -0.15) is 13.2 Å². The second kappa shape index (κ2) is 10.7. The molecule has 0 bridgehead atoms. The van der Waals surface area contributed by atoms with Crippen LogP contribution in [-0.2, 0) is 12.6 Å². The highest BCUT2D eigenvalue weighted by molar-refractivity contribution is 7.99. The Hall–Kier alpha value is -1.70. The van der Waals surface area contributed by atoms with Gasteiger partial charge in [-0.25, -0.2) is 0 Å². The first-order valence-corrected chi connectivity index (χ1v) is 13.9. The maximum absolute atomic E-state index is 13.9. The van der Waals surface area contributed by atoms with E-state index in [1.807, 2.05) is 24.3 Å². The number of likely N-dealkylation sites (tertiary alicyclic amines) is 2. The van der Waals surface area contributed by atoms with Crippen molar-refractivity contribution < 1.29 is 13.2 Å². The molecule has 2 saturated heterocycles. The molecule has 3 aliphatic heterocycles. The molecule has 0 unspecified atom stereocenters. The molecule has 0 radical (unpaired) electrons. The summed E-state index contributed by atoms with van der Waals surface area (Å²) in [7, 11) is 2.21. The van der Waals surface area contributed by atoms with Crippen LogP contribution in [0.4, 0.5) is 24.5 Å². The minimum Gasteiger partial charge on any atom is -0.353 e. The second-order valence-electron chi connectivity index (χ2n) is 10.5. The monoisotopic (exact) mass is 503 g/mol. The van der Waals surface area contributed by atoms with Crippen LogP contribution in [0.3, 0.4) is 0 Å². The molecule has 0 saturated carbocycles. The van der Waals surface area contributed by atoms with Gasteiger partial charge < -0.3 is 15.1 Å². The van der Waals surface area contributed by atoms with Crippen LogP contribution in [0.5, 0.6) is 0 Å². The Bertz CT molecular complexity index is 1010. The first kappa shape index (κ1) is 25.0. The zero-order chi connectivity index (χ0) is 24.4. The molecule has 3 nitrogen and oxygen atoms in total. The summed E-state index contributed by atoms with van der Waals surface area (Å²) in [6.45, 7) is 5.13. The third-order valence-electron chi connectivity index (χ3n) is 8.15. The molecule has 3 heterocycles. The van der Waals surface area contributed by atoms with E-state index in [0.29, 0.717) is 24.2 Å². The lowest BCUT2D eigenvalue weighted by Gasteiger charge is -2.34. The van der Waals surface area contributed by atoms with Gasteiger partial charge in [-0.1, -0.05) is 36.7 Å². The predicted octanol–water partition coefficient (Wildman–Crippen LogP) is 7.29. The molecule has 0 amide bonds. The molecule has 2 aromatic carbocycles. The van der Waals surface area contributed by atoms with E-state index in [0.717, 1.165) is 40.4 Å². The molecule has 0 atom stereocenters. The number of alkyl halides is 3. The van der Waals surface area contributed by atoms with Crippen LogP contribution in [0.25, 0.3) is 0 Å². The predicted molar refractivity (Wildman–Crippen MR) is 138 cm³/mol. The van der Waals surface area contributed by atoms with Crippen LogP contribution < -0.4 is 5.32 Å². The number of nitrogens with zero attached hydrogens (tertiary/aromatic N) is 2. The Morgan fingerprint density at radius 3 is 2.23 bits per heavy atom. The van der Waals surface area contributed by atoms with Crippen LogP contribution in [-0.4, -0.2) is 49.6 Å². The topological polar surface area (TPSA) is 18.5 Å². The average molecular weight is 504 g/mol. The highest BCUT2D eigenvalue weighted by atomic mass is 32.2. The van der Waals surface area contributed by atoms with Crippen LogP contribution in [0.1, 0.15) is 49.7 Å². The lowest BCUT2D eigenvalue weighted by Crippen LogP contribution is -2.36. The summed E-state index contributed by atoms with van der Waals surface area (Å²) in [6, 6.07) is 10.7. The first-order chi connectivity index (χ1) is 16.9. The first-order valence-electron chi connectivity index (χ1n) is 13.0. The molecule has 1 N–H and O–H groups in total. The van der Waals surface area contributed by atoms with Gasteiger partial charge in [-0.3, -0.25) is 0 Å². The van der Waals surface area contributed by atoms with Gasteiger partial charge in [0.05, 0.1) is 16.9 Å². The fourth-order valence-electron chi connectivity index (χ4n) is 5.88. The zero-order valence-electron chi connectivity index (χ0n) is 20.5. The second-order valence-corrected chi connectivity index (χ2v) is 11.6. The maximum Gasteiger partial charge on any atom is 0.416 e. The van der Waals surface area contributed by atoms with Gasteiger partial charge in [0.15, 0.2) is 0 Å². The van der Waals surface area contributed by atoms with Gasteiger partial charge in [0, 0.05) is 16.3 Å². The quantitative estimate of drug-likeness (QED) is 0.381. The molecule has 0 spiro atoms. The van der Waals surface area contributed by atoms with Gasteiger partial charge in [0.1, 0.15) is 0 Å². The van der Waals surface area contributed by atoms with Gasteiger partial charge in [0.2, 0.25) is 0 Å². The van der Waals surface area contributed by atoms with Gasteiger partial charge in [-0.15, -0.1) is 0 Å². The Kier molecular flexibility index (Phi) is 7.66. The third-order valence-corrected chi connectivity index (χ3v) is 9.29. The molecule has 0 aromatic heterocycles. The van der Waals surface area contributed by atoms with Crippen LogP contribution in [0.2, 0.25) is 0 Å². The van der Waals surface area contributed by atoms with Crippen LogP contribution in [0, 0.1) is 11.8 Å². The summed E-state index contributed by atoms with van der Waals surface area (Å²) in [4.78, 5) is 6.72. The fraction of sp³-hybridized carbons (Fsp3) is 0.571. The lowest BCUT2D eigenvalue weighted by molar-refractivity contribution is -0.138. The Morgan fingerprint density at radius 1 is 0.886 bits per heavy atom. The standard InChI is InChI=1S/C28H36F3N3S/c1-33-15-10-20(11-16-33)6-7-21-12-17-34(18-13-21)19-14-22-23(28(29,30)31)8-9-26-27(22)32-24-4-2-3-5-25(24)35-26/h2-5,8-9,20-21,32H,6-7,10-19H2,1H3.